The van der Waals surface area contributed by atoms with Crippen LogP contribution in [-0.2, 0) is 6.61 Å². The molecular weight excluding hydrogens is 399 g/mol. The third-order valence-corrected chi connectivity index (χ3v) is 4.64. The monoisotopic (exact) mass is 422 g/mol. The van der Waals surface area contributed by atoms with Gasteiger partial charge in [0.2, 0.25) is 0 Å². The minimum atomic E-state index is 0. The van der Waals surface area contributed by atoms with E-state index in [-0.39, 0.29) is 36.8 Å². The summed E-state index contributed by atoms with van der Waals surface area (Å²) in [6.45, 7) is 4.82. The second-order valence-corrected chi connectivity index (χ2v) is 6.57. The fourth-order valence-electron chi connectivity index (χ4n) is 3.24. The number of pyridine rings is 1. The molecule has 0 aliphatic carbocycles. The van der Waals surface area contributed by atoms with Crippen molar-refractivity contribution in [2.24, 2.45) is 0 Å². The summed E-state index contributed by atoms with van der Waals surface area (Å²) in [6.07, 6.45) is 3.91. The van der Waals surface area contributed by atoms with E-state index in [2.05, 4.69) is 17.2 Å². The Morgan fingerprint density at radius 3 is 2.89 bits per heavy atom. The predicted molar refractivity (Wildman–Crippen MR) is 114 cm³/mol. The number of carbonyl (C=O) groups is 1. The van der Waals surface area contributed by atoms with E-state index >= 15 is 0 Å². The Labute approximate surface area is 176 Å². The standard InChI is InChI=1S/C20H22N4O2.2ClH/c1-15-12-21-8-10-24(15)20(25)16-5-4-6-18(11-16)26-14-17-13-23-9-3-2-7-19(23)22-17;;/h2-7,9,11,13,15,21H,8,10,12,14H2,1H3;2*1H/t15-;;/m0../s1. The molecule has 1 N–H and O–H groups in total. The molecule has 1 aliphatic rings. The average Bonchev–Trinajstić information content (AvgIpc) is 3.09. The van der Waals surface area contributed by atoms with Gasteiger partial charge in [-0.25, -0.2) is 4.98 Å². The van der Waals surface area contributed by atoms with E-state index < -0.39 is 0 Å². The molecule has 1 amide bonds. The highest BCUT2D eigenvalue weighted by Crippen LogP contribution is 2.18. The largest absolute Gasteiger partial charge is 0.487 e. The highest BCUT2D eigenvalue weighted by atomic mass is 35.5. The molecule has 0 spiro atoms. The zero-order valence-electron chi connectivity index (χ0n) is 15.6. The maximum atomic E-state index is 12.8. The number of amides is 1. The first-order valence-electron chi connectivity index (χ1n) is 8.88. The summed E-state index contributed by atoms with van der Waals surface area (Å²) in [4.78, 5) is 19.2. The van der Waals surface area contributed by atoms with Crippen LogP contribution in [0.3, 0.4) is 0 Å². The number of halogens is 2. The fourth-order valence-corrected chi connectivity index (χ4v) is 3.24. The van der Waals surface area contributed by atoms with Crippen LogP contribution in [0, 0.1) is 0 Å². The molecule has 0 bridgehead atoms. The Balaban J connectivity index is 0.00000140. The number of aromatic nitrogens is 2. The lowest BCUT2D eigenvalue weighted by molar-refractivity contribution is 0.0655. The molecule has 1 atom stereocenters. The Kier molecular flexibility index (Phi) is 7.69. The van der Waals surface area contributed by atoms with Gasteiger partial charge in [-0.2, -0.15) is 0 Å². The first-order valence-corrected chi connectivity index (χ1v) is 8.88. The van der Waals surface area contributed by atoms with E-state index in [0.29, 0.717) is 17.9 Å². The molecule has 1 aromatic carbocycles. The summed E-state index contributed by atoms with van der Waals surface area (Å²) in [5.74, 6) is 0.730. The van der Waals surface area contributed by atoms with E-state index in [1.807, 2.05) is 64.2 Å². The average molecular weight is 423 g/mol. The van der Waals surface area contributed by atoms with Crippen molar-refractivity contribution in [2.75, 3.05) is 19.6 Å². The minimum absolute atomic E-state index is 0. The molecule has 0 unspecified atom stereocenters. The SMILES string of the molecule is C[C@H]1CNCCN1C(=O)c1cccc(OCc2cn3ccccc3n2)c1.Cl.Cl. The van der Waals surface area contributed by atoms with E-state index in [0.717, 1.165) is 31.0 Å². The summed E-state index contributed by atoms with van der Waals surface area (Å²) in [5, 5.41) is 3.30. The summed E-state index contributed by atoms with van der Waals surface area (Å²) >= 11 is 0. The summed E-state index contributed by atoms with van der Waals surface area (Å²) in [7, 11) is 0. The summed E-state index contributed by atoms with van der Waals surface area (Å²) in [5.41, 5.74) is 2.40. The number of hydrogen-bond acceptors (Lipinski definition) is 4. The van der Waals surface area contributed by atoms with E-state index in [4.69, 9.17) is 4.74 Å². The molecule has 150 valence electrons. The van der Waals surface area contributed by atoms with Crippen LogP contribution in [0.2, 0.25) is 0 Å². The lowest BCUT2D eigenvalue weighted by Gasteiger charge is -2.34. The van der Waals surface area contributed by atoms with Gasteiger partial charge in [-0.3, -0.25) is 4.79 Å². The third-order valence-electron chi connectivity index (χ3n) is 4.64. The van der Waals surface area contributed by atoms with Gasteiger partial charge in [0.25, 0.3) is 5.91 Å². The van der Waals surface area contributed by atoms with Gasteiger partial charge in [0.05, 0.1) is 5.69 Å². The maximum absolute atomic E-state index is 12.8. The topological polar surface area (TPSA) is 58.9 Å². The summed E-state index contributed by atoms with van der Waals surface area (Å²) in [6, 6.07) is 13.5. The molecule has 0 radical (unpaired) electrons. The number of nitrogens with zero attached hydrogens (tertiary/aromatic N) is 3. The third kappa shape index (κ3) is 4.76. The van der Waals surface area contributed by atoms with Crippen molar-refractivity contribution in [3.05, 3.63) is 66.1 Å². The predicted octanol–water partition coefficient (Wildman–Crippen LogP) is 3.19. The van der Waals surface area contributed by atoms with Gasteiger partial charge in [-0.05, 0) is 37.3 Å². The minimum Gasteiger partial charge on any atom is -0.487 e. The van der Waals surface area contributed by atoms with Crippen molar-refractivity contribution < 1.29 is 9.53 Å². The molecule has 28 heavy (non-hydrogen) atoms. The van der Waals surface area contributed by atoms with E-state index in [1.165, 1.54) is 0 Å². The maximum Gasteiger partial charge on any atom is 0.254 e. The zero-order chi connectivity index (χ0) is 17.9. The molecule has 0 saturated carbocycles. The molecule has 2 aromatic heterocycles. The zero-order valence-corrected chi connectivity index (χ0v) is 17.2. The molecule has 3 heterocycles. The second kappa shape index (κ2) is 9.78. The van der Waals surface area contributed by atoms with E-state index in [1.54, 1.807) is 0 Å². The van der Waals surface area contributed by atoms with Crippen molar-refractivity contribution in [1.29, 1.82) is 0 Å². The number of piperazine rings is 1. The van der Waals surface area contributed by atoms with Gasteiger partial charge in [-0.1, -0.05) is 12.1 Å². The first-order chi connectivity index (χ1) is 12.7. The number of ether oxygens (including phenoxy) is 1. The number of fused-ring (bicyclic) bond motifs is 1. The number of benzene rings is 1. The smallest absolute Gasteiger partial charge is 0.254 e. The number of hydrogen-bond donors (Lipinski definition) is 1. The van der Waals surface area contributed by atoms with Crippen LogP contribution in [-0.4, -0.2) is 45.9 Å². The highest BCUT2D eigenvalue weighted by molar-refractivity contribution is 5.94. The molecule has 3 aromatic rings. The quantitative estimate of drug-likeness (QED) is 0.701. The van der Waals surface area contributed by atoms with Gasteiger partial charge >= 0.3 is 0 Å². The van der Waals surface area contributed by atoms with Gasteiger partial charge < -0.3 is 19.4 Å². The lowest BCUT2D eigenvalue weighted by Crippen LogP contribution is -2.52. The van der Waals surface area contributed by atoms with Crippen molar-refractivity contribution in [2.45, 2.75) is 19.6 Å². The number of carbonyl (C=O) groups excluding carboxylic acids is 1. The Bertz CT molecular complexity index is 898. The molecule has 8 heteroatoms. The van der Waals surface area contributed by atoms with Crippen molar-refractivity contribution in [3.63, 3.8) is 0 Å². The molecule has 1 aliphatic heterocycles. The number of rotatable bonds is 4. The second-order valence-electron chi connectivity index (χ2n) is 6.57. The van der Waals surface area contributed by atoms with Crippen LogP contribution in [0.4, 0.5) is 0 Å². The van der Waals surface area contributed by atoms with Crippen LogP contribution in [0.5, 0.6) is 5.75 Å². The van der Waals surface area contributed by atoms with Crippen molar-refractivity contribution >= 4 is 36.4 Å². The van der Waals surface area contributed by atoms with Crippen molar-refractivity contribution in [3.8, 4) is 5.75 Å². The number of nitrogens with one attached hydrogen (secondary N) is 1. The molecule has 1 saturated heterocycles. The van der Waals surface area contributed by atoms with Gasteiger partial charge in [0.15, 0.2) is 0 Å². The van der Waals surface area contributed by atoms with Crippen LogP contribution < -0.4 is 10.1 Å². The van der Waals surface area contributed by atoms with Crippen molar-refractivity contribution in [1.82, 2.24) is 19.6 Å². The Morgan fingerprint density at radius 2 is 2.11 bits per heavy atom. The van der Waals surface area contributed by atoms with Gasteiger partial charge in [0.1, 0.15) is 18.0 Å². The van der Waals surface area contributed by atoms with Gasteiger partial charge in [-0.15, -0.1) is 24.8 Å². The Hall–Kier alpha value is -2.28. The van der Waals surface area contributed by atoms with Gasteiger partial charge in [0, 0.05) is 43.6 Å². The normalized spacial score (nSPS) is 16.2. The summed E-state index contributed by atoms with van der Waals surface area (Å²) < 4.78 is 7.83. The molecular formula is C20H24Cl2N4O2. The van der Waals surface area contributed by atoms with Crippen LogP contribution >= 0.6 is 24.8 Å². The van der Waals surface area contributed by atoms with Crippen LogP contribution in [0.25, 0.3) is 5.65 Å². The number of imidazole rings is 1. The molecule has 6 nitrogen and oxygen atoms in total. The highest BCUT2D eigenvalue weighted by Gasteiger charge is 2.24. The van der Waals surface area contributed by atoms with E-state index in [9.17, 15) is 4.79 Å². The first kappa shape index (κ1) is 22.0. The lowest BCUT2D eigenvalue weighted by atomic mass is 10.1. The molecule has 1 fully saturated rings. The van der Waals surface area contributed by atoms with Crippen LogP contribution in [0.15, 0.2) is 54.9 Å². The molecule has 4 rings (SSSR count). The Morgan fingerprint density at radius 1 is 1.25 bits per heavy atom. The fraction of sp³-hybridized carbons (Fsp3) is 0.300. The van der Waals surface area contributed by atoms with Crippen LogP contribution in [0.1, 0.15) is 23.0 Å².